The molecule has 0 spiro atoms. The van der Waals surface area contributed by atoms with Crippen molar-refractivity contribution in [3.05, 3.63) is 29.3 Å². The van der Waals surface area contributed by atoms with Crippen LogP contribution in [0.3, 0.4) is 0 Å². The Balaban J connectivity index is 3.04. The number of rotatable bonds is 4. The van der Waals surface area contributed by atoms with Gasteiger partial charge in [0.25, 0.3) is 0 Å². The summed E-state index contributed by atoms with van der Waals surface area (Å²) in [4.78, 5) is 24.5. The fourth-order valence-electron chi connectivity index (χ4n) is 1.81. The summed E-state index contributed by atoms with van der Waals surface area (Å²) in [7, 11) is 1.72. The van der Waals surface area contributed by atoms with E-state index in [1.807, 2.05) is 19.1 Å². The molecule has 0 aromatic heterocycles. The highest BCUT2D eigenvalue weighted by atomic mass is 16.2. The van der Waals surface area contributed by atoms with Gasteiger partial charge in [0.1, 0.15) is 5.78 Å². The SMILES string of the molecule is CC(=O)CC(=O)N(C)c1cc(C(C)C)ccc1C. The molecule has 3 nitrogen and oxygen atoms in total. The molecular formula is C15H21NO2. The zero-order valence-electron chi connectivity index (χ0n) is 11.8. The van der Waals surface area contributed by atoms with Gasteiger partial charge in [0.05, 0.1) is 6.42 Å². The molecule has 0 saturated carbocycles. The predicted octanol–water partition coefficient (Wildman–Crippen LogP) is 3.06. The van der Waals surface area contributed by atoms with Crippen LogP contribution in [0.5, 0.6) is 0 Å². The Morgan fingerprint density at radius 2 is 1.89 bits per heavy atom. The van der Waals surface area contributed by atoms with E-state index in [1.165, 1.54) is 12.5 Å². The molecule has 0 atom stereocenters. The summed E-state index contributed by atoms with van der Waals surface area (Å²) in [6.45, 7) is 7.64. The largest absolute Gasteiger partial charge is 0.315 e. The summed E-state index contributed by atoms with van der Waals surface area (Å²) in [5, 5.41) is 0. The highest BCUT2D eigenvalue weighted by molar-refractivity contribution is 6.05. The number of carbonyl (C=O) groups excluding carboxylic acids is 2. The van der Waals surface area contributed by atoms with Gasteiger partial charge in [-0.05, 0) is 37.0 Å². The van der Waals surface area contributed by atoms with Crippen LogP contribution in [0.1, 0.15) is 44.2 Å². The molecule has 0 aliphatic heterocycles. The summed E-state index contributed by atoms with van der Waals surface area (Å²) < 4.78 is 0. The van der Waals surface area contributed by atoms with Crippen LogP contribution in [0.15, 0.2) is 18.2 Å². The molecule has 3 heteroatoms. The topological polar surface area (TPSA) is 37.4 Å². The third kappa shape index (κ3) is 3.42. The van der Waals surface area contributed by atoms with Crippen molar-refractivity contribution in [3.8, 4) is 0 Å². The smallest absolute Gasteiger partial charge is 0.234 e. The second-order valence-electron chi connectivity index (χ2n) is 5.03. The van der Waals surface area contributed by atoms with E-state index in [-0.39, 0.29) is 18.1 Å². The first-order valence-electron chi connectivity index (χ1n) is 6.19. The molecule has 1 aromatic carbocycles. The van der Waals surface area contributed by atoms with Crippen molar-refractivity contribution in [2.24, 2.45) is 0 Å². The molecule has 1 amide bonds. The Kier molecular flexibility index (Phi) is 4.65. The highest BCUT2D eigenvalue weighted by Gasteiger charge is 2.15. The molecule has 0 aliphatic rings. The van der Waals surface area contributed by atoms with E-state index >= 15 is 0 Å². The third-order valence-electron chi connectivity index (χ3n) is 3.04. The monoisotopic (exact) mass is 247 g/mol. The Morgan fingerprint density at radius 1 is 1.28 bits per heavy atom. The fourth-order valence-corrected chi connectivity index (χ4v) is 1.81. The molecule has 0 fully saturated rings. The quantitative estimate of drug-likeness (QED) is 0.767. The first-order chi connectivity index (χ1) is 8.32. The van der Waals surface area contributed by atoms with E-state index < -0.39 is 0 Å². The average molecular weight is 247 g/mol. The van der Waals surface area contributed by atoms with Crippen molar-refractivity contribution in [2.45, 2.75) is 40.0 Å². The molecule has 0 unspecified atom stereocenters. The number of anilines is 1. The second kappa shape index (κ2) is 5.80. The van der Waals surface area contributed by atoms with E-state index in [0.29, 0.717) is 5.92 Å². The lowest BCUT2D eigenvalue weighted by Crippen LogP contribution is -2.28. The highest BCUT2D eigenvalue weighted by Crippen LogP contribution is 2.25. The van der Waals surface area contributed by atoms with Crippen molar-refractivity contribution >= 4 is 17.4 Å². The van der Waals surface area contributed by atoms with E-state index in [2.05, 4.69) is 19.9 Å². The number of Topliss-reactive ketones (excluding diaryl/α,β-unsaturated/α-hetero) is 1. The number of carbonyl (C=O) groups is 2. The van der Waals surface area contributed by atoms with Crippen LogP contribution in [-0.2, 0) is 9.59 Å². The predicted molar refractivity (Wildman–Crippen MR) is 74.0 cm³/mol. The molecule has 0 heterocycles. The Labute approximate surface area is 109 Å². The van der Waals surface area contributed by atoms with Gasteiger partial charge in [0.2, 0.25) is 5.91 Å². The molecule has 0 aliphatic carbocycles. The number of benzene rings is 1. The zero-order valence-corrected chi connectivity index (χ0v) is 11.8. The lowest BCUT2D eigenvalue weighted by atomic mass is 10.00. The van der Waals surface area contributed by atoms with Gasteiger partial charge in [-0.3, -0.25) is 9.59 Å². The number of ketones is 1. The van der Waals surface area contributed by atoms with Crippen LogP contribution in [0.25, 0.3) is 0 Å². The number of aryl methyl sites for hydroxylation is 1. The van der Waals surface area contributed by atoms with Gasteiger partial charge in [0, 0.05) is 12.7 Å². The van der Waals surface area contributed by atoms with Gasteiger partial charge >= 0.3 is 0 Å². The number of nitrogens with zero attached hydrogens (tertiary/aromatic N) is 1. The van der Waals surface area contributed by atoms with Gasteiger partial charge in [-0.2, -0.15) is 0 Å². The summed E-state index contributed by atoms with van der Waals surface area (Å²) in [5.74, 6) is 0.150. The Hall–Kier alpha value is -1.64. The van der Waals surface area contributed by atoms with Crippen LogP contribution in [0.2, 0.25) is 0 Å². The zero-order chi connectivity index (χ0) is 13.9. The molecule has 0 radical (unpaired) electrons. The van der Waals surface area contributed by atoms with Gasteiger partial charge in [-0.25, -0.2) is 0 Å². The van der Waals surface area contributed by atoms with Crippen molar-refractivity contribution < 1.29 is 9.59 Å². The minimum Gasteiger partial charge on any atom is -0.315 e. The normalized spacial score (nSPS) is 10.6. The van der Waals surface area contributed by atoms with Crippen molar-refractivity contribution in [3.63, 3.8) is 0 Å². The minimum atomic E-state index is -0.161. The van der Waals surface area contributed by atoms with Crippen molar-refractivity contribution in [1.82, 2.24) is 0 Å². The van der Waals surface area contributed by atoms with Crippen molar-refractivity contribution in [1.29, 1.82) is 0 Å². The van der Waals surface area contributed by atoms with E-state index in [4.69, 9.17) is 0 Å². The van der Waals surface area contributed by atoms with Crippen molar-refractivity contribution in [2.75, 3.05) is 11.9 Å². The second-order valence-corrected chi connectivity index (χ2v) is 5.03. The molecule has 98 valence electrons. The molecule has 1 aromatic rings. The van der Waals surface area contributed by atoms with Crippen LogP contribution >= 0.6 is 0 Å². The first-order valence-corrected chi connectivity index (χ1v) is 6.19. The van der Waals surface area contributed by atoms with E-state index in [1.54, 1.807) is 11.9 Å². The summed E-state index contributed by atoms with van der Waals surface area (Å²) >= 11 is 0. The maximum atomic E-state index is 11.9. The van der Waals surface area contributed by atoms with Gasteiger partial charge in [-0.1, -0.05) is 26.0 Å². The summed E-state index contributed by atoms with van der Waals surface area (Å²) in [6, 6.07) is 6.12. The van der Waals surface area contributed by atoms with Crippen LogP contribution < -0.4 is 4.90 Å². The lowest BCUT2D eigenvalue weighted by molar-refractivity contribution is -0.125. The standard InChI is InChI=1S/C15H21NO2/c1-10(2)13-7-6-11(3)14(9-13)16(5)15(18)8-12(4)17/h6-7,9-10H,8H2,1-5H3. The first kappa shape index (κ1) is 14.4. The van der Waals surface area contributed by atoms with Gasteiger partial charge in [0.15, 0.2) is 0 Å². The molecule has 1 rings (SSSR count). The summed E-state index contributed by atoms with van der Waals surface area (Å²) in [5.41, 5.74) is 3.12. The maximum absolute atomic E-state index is 11.9. The number of hydrogen-bond acceptors (Lipinski definition) is 2. The molecule has 0 N–H and O–H groups in total. The molecule has 18 heavy (non-hydrogen) atoms. The van der Waals surface area contributed by atoms with Crippen LogP contribution in [0.4, 0.5) is 5.69 Å². The number of amides is 1. The average Bonchev–Trinajstić information content (AvgIpc) is 2.27. The van der Waals surface area contributed by atoms with E-state index in [9.17, 15) is 9.59 Å². The number of hydrogen-bond donors (Lipinski definition) is 0. The third-order valence-corrected chi connectivity index (χ3v) is 3.04. The minimum absolute atomic E-state index is 0.0398. The van der Waals surface area contributed by atoms with Crippen LogP contribution in [0, 0.1) is 6.92 Å². The van der Waals surface area contributed by atoms with Gasteiger partial charge in [-0.15, -0.1) is 0 Å². The Bertz CT molecular complexity index is 464. The molecular weight excluding hydrogens is 226 g/mol. The van der Waals surface area contributed by atoms with Gasteiger partial charge < -0.3 is 4.90 Å². The molecule has 0 saturated heterocycles. The lowest BCUT2D eigenvalue weighted by Gasteiger charge is -2.21. The summed E-state index contributed by atoms with van der Waals surface area (Å²) in [6.07, 6.45) is -0.0398. The fraction of sp³-hybridized carbons (Fsp3) is 0.467. The van der Waals surface area contributed by atoms with E-state index in [0.717, 1.165) is 11.3 Å². The molecule has 0 bridgehead atoms. The van der Waals surface area contributed by atoms with Crippen LogP contribution in [-0.4, -0.2) is 18.7 Å². The Morgan fingerprint density at radius 3 is 2.39 bits per heavy atom. The maximum Gasteiger partial charge on any atom is 0.234 e.